The van der Waals surface area contributed by atoms with Gasteiger partial charge in [-0.05, 0) is 25.1 Å². The lowest BCUT2D eigenvalue weighted by molar-refractivity contribution is 0.615. The summed E-state index contributed by atoms with van der Waals surface area (Å²) in [5, 5.41) is -0.0353. The molecule has 0 saturated heterocycles. The first-order chi connectivity index (χ1) is 7.93. The van der Waals surface area contributed by atoms with E-state index in [0.29, 0.717) is 11.4 Å². The van der Waals surface area contributed by atoms with Crippen LogP contribution in [-0.4, -0.2) is 9.36 Å². The van der Waals surface area contributed by atoms with Crippen LogP contribution in [0.5, 0.6) is 0 Å². The number of aromatic nitrogens is 2. The number of nitrogen functional groups attached to an aromatic ring is 1. The topological polar surface area (TPSA) is 53.0 Å². The molecule has 1 heterocycles. The SMILES string of the molecule is Cc1c(N)c(=O)n(-c2ccc(F)c(Cl)c2)n1C. The summed E-state index contributed by atoms with van der Waals surface area (Å²) in [6.07, 6.45) is 0. The molecule has 0 atom stereocenters. The van der Waals surface area contributed by atoms with E-state index in [1.54, 1.807) is 18.7 Å². The van der Waals surface area contributed by atoms with Crippen LogP contribution in [0.15, 0.2) is 23.0 Å². The molecule has 17 heavy (non-hydrogen) atoms. The molecule has 1 aromatic carbocycles. The Balaban J connectivity index is 2.73. The third kappa shape index (κ3) is 1.72. The number of hydrogen-bond acceptors (Lipinski definition) is 2. The lowest BCUT2D eigenvalue weighted by Gasteiger charge is -2.08. The Labute approximate surface area is 102 Å². The molecule has 0 amide bonds. The zero-order valence-electron chi connectivity index (χ0n) is 9.37. The van der Waals surface area contributed by atoms with Gasteiger partial charge in [0.25, 0.3) is 5.56 Å². The third-order valence-corrected chi connectivity index (χ3v) is 3.04. The smallest absolute Gasteiger partial charge is 0.294 e. The lowest BCUT2D eigenvalue weighted by atomic mass is 10.3. The highest BCUT2D eigenvalue weighted by molar-refractivity contribution is 6.30. The van der Waals surface area contributed by atoms with Crippen molar-refractivity contribution in [1.82, 2.24) is 9.36 Å². The van der Waals surface area contributed by atoms with Crippen LogP contribution in [0, 0.1) is 12.7 Å². The molecule has 90 valence electrons. The van der Waals surface area contributed by atoms with Gasteiger partial charge in [-0.3, -0.25) is 9.48 Å². The van der Waals surface area contributed by atoms with Gasteiger partial charge in [0.1, 0.15) is 11.5 Å². The number of anilines is 1. The summed E-state index contributed by atoms with van der Waals surface area (Å²) in [6.45, 7) is 1.73. The number of halogens is 2. The van der Waals surface area contributed by atoms with E-state index < -0.39 is 5.82 Å². The highest BCUT2D eigenvalue weighted by Crippen LogP contribution is 2.19. The minimum absolute atomic E-state index is 0.0353. The van der Waals surface area contributed by atoms with E-state index in [-0.39, 0.29) is 16.3 Å². The average molecular weight is 256 g/mol. The van der Waals surface area contributed by atoms with Crippen LogP contribution < -0.4 is 11.3 Å². The molecule has 0 unspecified atom stereocenters. The number of benzene rings is 1. The van der Waals surface area contributed by atoms with Gasteiger partial charge in [-0.1, -0.05) is 11.6 Å². The van der Waals surface area contributed by atoms with Crippen molar-refractivity contribution in [1.29, 1.82) is 0 Å². The summed E-state index contributed by atoms with van der Waals surface area (Å²) < 4.78 is 16.0. The second-order valence-electron chi connectivity index (χ2n) is 3.74. The molecule has 0 spiro atoms. The number of nitrogens with two attached hydrogens (primary N) is 1. The molecule has 4 nitrogen and oxygen atoms in total. The summed E-state index contributed by atoms with van der Waals surface area (Å²) in [4.78, 5) is 11.9. The zero-order chi connectivity index (χ0) is 12.7. The first kappa shape index (κ1) is 11.7. The Morgan fingerprint density at radius 3 is 2.53 bits per heavy atom. The first-order valence-corrected chi connectivity index (χ1v) is 5.30. The van der Waals surface area contributed by atoms with Crippen molar-refractivity contribution in [3.8, 4) is 5.69 Å². The van der Waals surface area contributed by atoms with Crippen molar-refractivity contribution in [2.45, 2.75) is 6.92 Å². The van der Waals surface area contributed by atoms with Crippen LogP contribution in [0.2, 0.25) is 5.02 Å². The molecule has 0 aliphatic heterocycles. The Morgan fingerprint density at radius 1 is 1.41 bits per heavy atom. The molecular weight excluding hydrogens is 245 g/mol. The van der Waals surface area contributed by atoms with Crippen molar-refractivity contribution in [3.63, 3.8) is 0 Å². The normalized spacial score (nSPS) is 10.8. The monoisotopic (exact) mass is 255 g/mol. The van der Waals surface area contributed by atoms with Crippen molar-refractivity contribution < 1.29 is 4.39 Å². The summed E-state index contributed by atoms with van der Waals surface area (Å²) >= 11 is 5.68. The Morgan fingerprint density at radius 2 is 2.06 bits per heavy atom. The predicted octanol–water partition coefficient (Wildman–Crippen LogP) is 1.86. The lowest BCUT2D eigenvalue weighted by Crippen LogP contribution is -2.20. The highest BCUT2D eigenvalue weighted by atomic mass is 35.5. The molecule has 0 radical (unpaired) electrons. The van der Waals surface area contributed by atoms with E-state index >= 15 is 0 Å². The number of hydrogen-bond donors (Lipinski definition) is 1. The van der Waals surface area contributed by atoms with Gasteiger partial charge in [-0.15, -0.1) is 0 Å². The van der Waals surface area contributed by atoms with Gasteiger partial charge in [-0.2, -0.15) is 0 Å². The first-order valence-electron chi connectivity index (χ1n) is 4.93. The van der Waals surface area contributed by atoms with Gasteiger partial charge in [-0.25, -0.2) is 9.07 Å². The number of nitrogens with zero attached hydrogens (tertiary/aromatic N) is 2. The average Bonchev–Trinajstić information content (AvgIpc) is 2.48. The van der Waals surface area contributed by atoms with E-state index in [4.69, 9.17) is 17.3 Å². The van der Waals surface area contributed by atoms with Crippen molar-refractivity contribution in [3.05, 3.63) is 45.1 Å². The standard InChI is InChI=1S/C11H11ClFN3O/c1-6-10(14)11(17)16(15(6)2)7-3-4-9(13)8(12)5-7/h3-5H,14H2,1-2H3. The number of rotatable bonds is 1. The molecular formula is C11H11ClFN3O. The van der Waals surface area contributed by atoms with Gasteiger partial charge < -0.3 is 5.73 Å². The van der Waals surface area contributed by atoms with E-state index in [0.717, 1.165) is 0 Å². The van der Waals surface area contributed by atoms with Crippen molar-refractivity contribution in [2.75, 3.05) is 5.73 Å². The molecule has 0 aliphatic carbocycles. The van der Waals surface area contributed by atoms with Crippen LogP contribution in [0.3, 0.4) is 0 Å². The van der Waals surface area contributed by atoms with Crippen LogP contribution in [0.25, 0.3) is 5.69 Å². The van der Waals surface area contributed by atoms with Gasteiger partial charge >= 0.3 is 0 Å². The Hall–Kier alpha value is -1.75. The maximum absolute atomic E-state index is 13.0. The molecule has 6 heteroatoms. The van der Waals surface area contributed by atoms with E-state index in [9.17, 15) is 9.18 Å². The fourth-order valence-electron chi connectivity index (χ4n) is 1.64. The minimum atomic E-state index is -0.526. The van der Waals surface area contributed by atoms with Crippen LogP contribution in [-0.2, 0) is 7.05 Å². The van der Waals surface area contributed by atoms with Gasteiger partial charge in [0.15, 0.2) is 0 Å². The van der Waals surface area contributed by atoms with Gasteiger partial charge in [0, 0.05) is 7.05 Å². The van der Waals surface area contributed by atoms with Gasteiger partial charge in [0.05, 0.1) is 16.4 Å². The van der Waals surface area contributed by atoms with E-state index in [2.05, 4.69) is 0 Å². The van der Waals surface area contributed by atoms with E-state index in [1.807, 2.05) is 0 Å². The van der Waals surface area contributed by atoms with Crippen LogP contribution in [0.4, 0.5) is 10.1 Å². The second-order valence-corrected chi connectivity index (χ2v) is 4.15. The predicted molar refractivity (Wildman–Crippen MR) is 65.1 cm³/mol. The largest absolute Gasteiger partial charge is 0.393 e. The maximum Gasteiger partial charge on any atom is 0.294 e. The van der Waals surface area contributed by atoms with Gasteiger partial charge in [0.2, 0.25) is 0 Å². The fourth-order valence-corrected chi connectivity index (χ4v) is 1.81. The molecule has 2 N–H and O–H groups in total. The summed E-state index contributed by atoms with van der Waals surface area (Å²) in [6, 6.07) is 4.07. The molecule has 0 aliphatic rings. The summed E-state index contributed by atoms with van der Waals surface area (Å²) in [7, 11) is 1.70. The maximum atomic E-state index is 13.0. The van der Waals surface area contributed by atoms with Crippen LogP contribution >= 0.6 is 11.6 Å². The minimum Gasteiger partial charge on any atom is -0.393 e. The molecule has 0 bridgehead atoms. The highest BCUT2D eigenvalue weighted by Gasteiger charge is 2.13. The fraction of sp³-hybridized carbons (Fsp3) is 0.182. The second kappa shape index (κ2) is 3.92. The van der Waals surface area contributed by atoms with Crippen molar-refractivity contribution >= 4 is 17.3 Å². The van der Waals surface area contributed by atoms with Crippen molar-refractivity contribution in [2.24, 2.45) is 7.05 Å². The molecule has 2 aromatic rings. The molecule has 0 fully saturated rings. The third-order valence-electron chi connectivity index (χ3n) is 2.75. The Bertz CT molecular complexity index is 645. The molecule has 0 saturated carbocycles. The molecule has 2 rings (SSSR count). The van der Waals surface area contributed by atoms with Crippen LogP contribution in [0.1, 0.15) is 5.69 Å². The quantitative estimate of drug-likeness (QED) is 0.846. The zero-order valence-corrected chi connectivity index (χ0v) is 10.1. The van der Waals surface area contributed by atoms with E-state index in [1.165, 1.54) is 22.9 Å². The Kier molecular flexibility index (Phi) is 2.71. The summed E-state index contributed by atoms with van der Waals surface area (Å²) in [5.41, 5.74) is 6.61. The molecule has 1 aromatic heterocycles. The summed E-state index contributed by atoms with van der Waals surface area (Å²) in [5.74, 6) is -0.526.